The maximum absolute atomic E-state index is 5.51. The van der Waals surface area contributed by atoms with Crippen LogP contribution in [-0.2, 0) is 13.6 Å². The zero-order valence-corrected chi connectivity index (χ0v) is 9.27. The SMILES string of the molecule is Cn1cc(Br)c(Cn2ccc(N)n2)n1. The third kappa shape index (κ3) is 1.79. The summed E-state index contributed by atoms with van der Waals surface area (Å²) < 4.78 is 4.49. The van der Waals surface area contributed by atoms with Gasteiger partial charge in [0.25, 0.3) is 0 Å². The van der Waals surface area contributed by atoms with Crippen LogP contribution in [0.1, 0.15) is 5.69 Å². The smallest absolute Gasteiger partial charge is 0.145 e. The normalized spacial score (nSPS) is 10.7. The molecule has 0 aliphatic carbocycles. The molecule has 2 rings (SSSR count). The summed E-state index contributed by atoms with van der Waals surface area (Å²) in [6.45, 7) is 0.624. The zero-order chi connectivity index (χ0) is 10.1. The van der Waals surface area contributed by atoms with Crippen molar-refractivity contribution < 1.29 is 0 Å². The second-order valence-corrected chi connectivity index (χ2v) is 3.89. The van der Waals surface area contributed by atoms with Crippen LogP contribution in [0, 0.1) is 0 Å². The summed E-state index contributed by atoms with van der Waals surface area (Å²) in [4.78, 5) is 0. The lowest BCUT2D eigenvalue weighted by molar-refractivity contribution is 0.651. The molecule has 0 saturated heterocycles. The Kier molecular flexibility index (Phi) is 2.28. The van der Waals surface area contributed by atoms with Gasteiger partial charge in [-0.3, -0.25) is 9.36 Å². The Morgan fingerprint density at radius 3 is 2.79 bits per heavy atom. The number of rotatable bonds is 2. The van der Waals surface area contributed by atoms with E-state index in [9.17, 15) is 0 Å². The Labute approximate surface area is 89.6 Å². The van der Waals surface area contributed by atoms with Crippen LogP contribution in [0.15, 0.2) is 22.9 Å². The van der Waals surface area contributed by atoms with Gasteiger partial charge in [-0.15, -0.1) is 0 Å². The molecule has 0 radical (unpaired) electrons. The predicted molar refractivity (Wildman–Crippen MR) is 56.6 cm³/mol. The summed E-state index contributed by atoms with van der Waals surface area (Å²) in [7, 11) is 1.88. The number of anilines is 1. The molecule has 2 N–H and O–H groups in total. The first kappa shape index (κ1) is 9.26. The van der Waals surface area contributed by atoms with Gasteiger partial charge in [0, 0.05) is 19.4 Å². The summed E-state index contributed by atoms with van der Waals surface area (Å²) in [5.74, 6) is 0.525. The van der Waals surface area contributed by atoms with Crippen LogP contribution >= 0.6 is 15.9 Å². The minimum Gasteiger partial charge on any atom is -0.382 e. The molecule has 14 heavy (non-hydrogen) atoms. The van der Waals surface area contributed by atoms with Gasteiger partial charge in [0.15, 0.2) is 0 Å². The number of aryl methyl sites for hydroxylation is 1. The molecule has 0 unspecified atom stereocenters. The second-order valence-electron chi connectivity index (χ2n) is 3.04. The van der Waals surface area contributed by atoms with Gasteiger partial charge in [-0.1, -0.05) is 0 Å². The highest BCUT2D eigenvalue weighted by Gasteiger charge is 2.05. The fraction of sp³-hybridized carbons (Fsp3) is 0.250. The Hall–Kier alpha value is -1.30. The number of hydrogen-bond donors (Lipinski definition) is 1. The van der Waals surface area contributed by atoms with E-state index in [1.807, 2.05) is 19.4 Å². The van der Waals surface area contributed by atoms with Crippen molar-refractivity contribution in [2.45, 2.75) is 6.54 Å². The Bertz CT molecular complexity index is 444. The Morgan fingerprint density at radius 1 is 1.50 bits per heavy atom. The topological polar surface area (TPSA) is 61.7 Å². The first-order chi connectivity index (χ1) is 6.65. The Morgan fingerprint density at radius 2 is 2.29 bits per heavy atom. The van der Waals surface area contributed by atoms with Gasteiger partial charge in [0.05, 0.1) is 16.7 Å². The van der Waals surface area contributed by atoms with E-state index in [1.165, 1.54) is 0 Å². The highest BCUT2D eigenvalue weighted by Crippen LogP contribution is 2.15. The zero-order valence-electron chi connectivity index (χ0n) is 7.68. The molecule has 5 nitrogen and oxygen atoms in total. The average molecular weight is 256 g/mol. The largest absolute Gasteiger partial charge is 0.382 e. The minimum atomic E-state index is 0.525. The van der Waals surface area contributed by atoms with Gasteiger partial charge in [-0.2, -0.15) is 10.2 Å². The number of nitrogens with two attached hydrogens (primary N) is 1. The molecule has 2 aromatic heterocycles. The van der Waals surface area contributed by atoms with Crippen molar-refractivity contribution in [3.8, 4) is 0 Å². The molecule has 0 aliphatic heterocycles. The summed E-state index contributed by atoms with van der Waals surface area (Å²) in [6.07, 6.45) is 3.73. The maximum Gasteiger partial charge on any atom is 0.145 e. The van der Waals surface area contributed by atoms with Crippen LogP contribution in [0.3, 0.4) is 0 Å². The van der Waals surface area contributed by atoms with E-state index in [-0.39, 0.29) is 0 Å². The molecule has 0 aromatic carbocycles. The van der Waals surface area contributed by atoms with E-state index in [1.54, 1.807) is 15.4 Å². The molecule has 2 heterocycles. The highest BCUT2D eigenvalue weighted by molar-refractivity contribution is 9.10. The van der Waals surface area contributed by atoms with Crippen LogP contribution in [0.25, 0.3) is 0 Å². The van der Waals surface area contributed by atoms with Crippen LogP contribution in [0.4, 0.5) is 5.82 Å². The quantitative estimate of drug-likeness (QED) is 0.872. The van der Waals surface area contributed by atoms with Gasteiger partial charge < -0.3 is 5.73 Å². The molecular formula is C8H10BrN5. The fourth-order valence-electron chi connectivity index (χ4n) is 1.23. The van der Waals surface area contributed by atoms with E-state index in [0.29, 0.717) is 12.4 Å². The molecule has 0 atom stereocenters. The molecule has 0 fully saturated rings. The summed E-state index contributed by atoms with van der Waals surface area (Å²) >= 11 is 3.43. The van der Waals surface area contributed by atoms with Crippen LogP contribution in [0.2, 0.25) is 0 Å². The Balaban J connectivity index is 2.22. The lowest BCUT2D eigenvalue weighted by Crippen LogP contribution is -2.03. The van der Waals surface area contributed by atoms with Crippen molar-refractivity contribution in [1.29, 1.82) is 0 Å². The third-order valence-electron chi connectivity index (χ3n) is 1.83. The molecule has 0 bridgehead atoms. The predicted octanol–water partition coefficient (Wildman–Crippen LogP) is 1.01. The van der Waals surface area contributed by atoms with E-state index in [0.717, 1.165) is 10.2 Å². The van der Waals surface area contributed by atoms with Crippen LogP contribution in [0.5, 0.6) is 0 Å². The van der Waals surface area contributed by atoms with Crippen molar-refractivity contribution in [2.75, 3.05) is 5.73 Å². The van der Waals surface area contributed by atoms with Gasteiger partial charge in [-0.05, 0) is 22.0 Å². The lowest BCUT2D eigenvalue weighted by Gasteiger charge is -1.97. The van der Waals surface area contributed by atoms with Crippen molar-refractivity contribution >= 4 is 21.7 Å². The molecule has 0 spiro atoms. The molecule has 6 heteroatoms. The number of hydrogen-bond acceptors (Lipinski definition) is 3. The number of nitrogens with zero attached hydrogens (tertiary/aromatic N) is 4. The van der Waals surface area contributed by atoms with Gasteiger partial charge in [0.1, 0.15) is 5.82 Å². The average Bonchev–Trinajstić information content (AvgIpc) is 2.61. The molecule has 0 amide bonds. The number of nitrogen functional groups attached to an aromatic ring is 1. The molecule has 74 valence electrons. The van der Waals surface area contributed by atoms with Gasteiger partial charge in [0.2, 0.25) is 0 Å². The molecule has 2 aromatic rings. The highest BCUT2D eigenvalue weighted by atomic mass is 79.9. The van der Waals surface area contributed by atoms with E-state index in [4.69, 9.17) is 5.73 Å². The fourth-order valence-corrected chi connectivity index (χ4v) is 1.73. The molecule has 0 aliphatic rings. The first-order valence-electron chi connectivity index (χ1n) is 4.12. The van der Waals surface area contributed by atoms with Gasteiger partial charge >= 0.3 is 0 Å². The minimum absolute atomic E-state index is 0.525. The summed E-state index contributed by atoms with van der Waals surface area (Å²) in [6, 6.07) is 1.76. The molecular weight excluding hydrogens is 246 g/mol. The third-order valence-corrected chi connectivity index (χ3v) is 2.49. The van der Waals surface area contributed by atoms with Crippen molar-refractivity contribution in [1.82, 2.24) is 19.6 Å². The van der Waals surface area contributed by atoms with E-state index < -0.39 is 0 Å². The maximum atomic E-state index is 5.51. The van der Waals surface area contributed by atoms with E-state index in [2.05, 4.69) is 26.1 Å². The van der Waals surface area contributed by atoms with Gasteiger partial charge in [-0.25, -0.2) is 0 Å². The summed E-state index contributed by atoms with van der Waals surface area (Å²) in [5.41, 5.74) is 6.45. The number of halogens is 1. The standard InChI is InChI=1S/C8H10BrN5/c1-13-4-6(9)7(11-13)5-14-3-2-8(10)12-14/h2-4H,5H2,1H3,(H2,10,12). The number of aromatic nitrogens is 4. The first-order valence-corrected chi connectivity index (χ1v) is 4.91. The second kappa shape index (κ2) is 3.45. The van der Waals surface area contributed by atoms with Crippen LogP contribution in [-0.4, -0.2) is 19.6 Å². The van der Waals surface area contributed by atoms with Crippen molar-refractivity contribution in [3.63, 3.8) is 0 Å². The monoisotopic (exact) mass is 255 g/mol. The van der Waals surface area contributed by atoms with Crippen molar-refractivity contribution in [2.24, 2.45) is 7.05 Å². The van der Waals surface area contributed by atoms with Crippen molar-refractivity contribution in [3.05, 3.63) is 28.6 Å². The van der Waals surface area contributed by atoms with E-state index >= 15 is 0 Å². The molecule has 0 saturated carbocycles. The summed E-state index contributed by atoms with van der Waals surface area (Å²) in [5, 5.41) is 8.36. The lowest BCUT2D eigenvalue weighted by atomic mass is 10.4. The van der Waals surface area contributed by atoms with Crippen LogP contribution < -0.4 is 5.73 Å².